The second kappa shape index (κ2) is 7.00. The summed E-state index contributed by atoms with van der Waals surface area (Å²) in [6, 6.07) is 0. The molecule has 0 amide bonds. The Kier molecular flexibility index (Phi) is 6.41. The van der Waals surface area contributed by atoms with Crippen LogP contribution < -0.4 is 0 Å². The van der Waals surface area contributed by atoms with Gasteiger partial charge in [0.25, 0.3) is 0 Å². The van der Waals surface area contributed by atoms with Gasteiger partial charge in [0.05, 0.1) is 13.1 Å². The topological polar surface area (TPSA) is 63.6 Å². The molecule has 0 aliphatic rings. The van der Waals surface area contributed by atoms with Gasteiger partial charge in [-0.25, -0.2) is 9.59 Å². The number of rotatable bonds is 8. The van der Waals surface area contributed by atoms with Crippen LogP contribution in [0.15, 0.2) is 12.7 Å². The molecule has 92 valence electrons. The van der Waals surface area contributed by atoms with Crippen molar-refractivity contribution in [2.45, 2.75) is 13.8 Å². The van der Waals surface area contributed by atoms with Crippen molar-refractivity contribution in [3.63, 3.8) is 0 Å². The molecule has 0 bridgehead atoms. The van der Waals surface area contributed by atoms with Crippen molar-refractivity contribution >= 4 is 11.9 Å². The average molecular weight is 230 g/mol. The van der Waals surface area contributed by atoms with Crippen LogP contribution in [0, 0.1) is 0 Å². The molecule has 0 saturated carbocycles. The lowest BCUT2D eigenvalue weighted by molar-refractivity contribution is -0.918. The SMILES string of the molecule is C=CC(=O)OCC[N+](CC)(CC)CC(=O)O. The number of ether oxygens (including phenoxy) is 1. The van der Waals surface area contributed by atoms with E-state index >= 15 is 0 Å². The van der Waals surface area contributed by atoms with Gasteiger partial charge in [-0.3, -0.25) is 0 Å². The van der Waals surface area contributed by atoms with E-state index in [4.69, 9.17) is 9.84 Å². The molecule has 0 atom stereocenters. The summed E-state index contributed by atoms with van der Waals surface area (Å²) in [5, 5.41) is 8.83. The van der Waals surface area contributed by atoms with Gasteiger partial charge in [-0.1, -0.05) is 6.58 Å². The fourth-order valence-corrected chi connectivity index (χ4v) is 1.53. The summed E-state index contributed by atoms with van der Waals surface area (Å²) in [6.07, 6.45) is 1.10. The molecule has 0 aromatic heterocycles. The molecule has 0 aromatic rings. The van der Waals surface area contributed by atoms with Crippen molar-refractivity contribution in [1.82, 2.24) is 0 Å². The van der Waals surface area contributed by atoms with Crippen LogP contribution in [-0.4, -0.2) is 54.3 Å². The van der Waals surface area contributed by atoms with Gasteiger partial charge in [-0.05, 0) is 13.8 Å². The van der Waals surface area contributed by atoms with Gasteiger partial charge in [-0.15, -0.1) is 0 Å². The molecule has 0 aromatic carbocycles. The molecule has 0 spiro atoms. The lowest BCUT2D eigenvalue weighted by Gasteiger charge is -2.34. The number of carboxylic acids is 1. The number of hydrogen-bond donors (Lipinski definition) is 1. The van der Waals surface area contributed by atoms with Crippen LogP contribution >= 0.6 is 0 Å². The van der Waals surface area contributed by atoms with Crippen LogP contribution in [0.25, 0.3) is 0 Å². The Morgan fingerprint density at radius 2 is 1.94 bits per heavy atom. The Bertz CT molecular complexity index is 259. The van der Waals surface area contributed by atoms with E-state index in [2.05, 4.69) is 6.58 Å². The van der Waals surface area contributed by atoms with E-state index in [0.717, 1.165) is 6.08 Å². The molecular formula is C11H20NO4+. The highest BCUT2D eigenvalue weighted by atomic mass is 16.5. The number of likely N-dealkylation sites (N-methyl/N-ethyl adjacent to an activating group) is 1. The normalized spacial score (nSPS) is 10.9. The van der Waals surface area contributed by atoms with E-state index in [0.29, 0.717) is 24.1 Å². The van der Waals surface area contributed by atoms with Gasteiger partial charge in [0.1, 0.15) is 13.2 Å². The molecule has 5 nitrogen and oxygen atoms in total. The van der Waals surface area contributed by atoms with E-state index < -0.39 is 11.9 Å². The quantitative estimate of drug-likeness (QED) is 0.378. The third-order valence-corrected chi connectivity index (χ3v) is 2.79. The van der Waals surface area contributed by atoms with Crippen molar-refractivity contribution < 1.29 is 23.9 Å². The molecule has 5 heteroatoms. The number of esters is 1. The minimum Gasteiger partial charge on any atom is -0.477 e. The van der Waals surface area contributed by atoms with Crippen molar-refractivity contribution in [3.8, 4) is 0 Å². The number of carbonyl (C=O) groups excluding carboxylic acids is 1. The highest BCUT2D eigenvalue weighted by molar-refractivity contribution is 5.81. The zero-order chi connectivity index (χ0) is 12.6. The predicted octanol–water partition coefficient (Wildman–Crippen LogP) is 0.657. The Labute approximate surface area is 95.9 Å². The number of nitrogens with zero attached hydrogens (tertiary/aromatic N) is 1. The minimum atomic E-state index is -0.834. The Morgan fingerprint density at radius 1 is 1.38 bits per heavy atom. The smallest absolute Gasteiger partial charge is 0.359 e. The van der Waals surface area contributed by atoms with E-state index in [1.165, 1.54) is 0 Å². The fourth-order valence-electron chi connectivity index (χ4n) is 1.53. The summed E-state index contributed by atoms with van der Waals surface area (Å²) in [7, 11) is 0. The van der Waals surface area contributed by atoms with Crippen LogP contribution in [0.5, 0.6) is 0 Å². The first kappa shape index (κ1) is 14.6. The first-order chi connectivity index (χ1) is 7.49. The maximum absolute atomic E-state index is 10.8. The number of hydrogen-bond acceptors (Lipinski definition) is 3. The lowest BCUT2D eigenvalue weighted by Crippen LogP contribution is -2.52. The molecule has 0 aliphatic heterocycles. The highest BCUT2D eigenvalue weighted by Crippen LogP contribution is 2.05. The Morgan fingerprint density at radius 3 is 2.31 bits per heavy atom. The van der Waals surface area contributed by atoms with Gasteiger partial charge in [0.2, 0.25) is 0 Å². The number of carbonyl (C=O) groups is 2. The maximum Gasteiger partial charge on any atom is 0.359 e. The summed E-state index contributed by atoms with van der Waals surface area (Å²) < 4.78 is 5.28. The second-order valence-electron chi connectivity index (χ2n) is 3.62. The molecule has 0 saturated heterocycles. The average Bonchev–Trinajstić information content (AvgIpc) is 2.26. The van der Waals surface area contributed by atoms with Crippen LogP contribution in [-0.2, 0) is 14.3 Å². The Balaban J connectivity index is 4.26. The van der Waals surface area contributed by atoms with Crippen molar-refractivity contribution in [2.75, 3.05) is 32.8 Å². The molecule has 1 N–H and O–H groups in total. The van der Waals surface area contributed by atoms with Crippen LogP contribution in [0.4, 0.5) is 0 Å². The predicted molar refractivity (Wildman–Crippen MR) is 59.9 cm³/mol. The zero-order valence-electron chi connectivity index (χ0n) is 9.94. The monoisotopic (exact) mass is 230 g/mol. The van der Waals surface area contributed by atoms with Crippen molar-refractivity contribution in [3.05, 3.63) is 12.7 Å². The standard InChI is InChI=1S/C11H19NO4/c1-4-11(15)16-8-7-12(5-2,6-3)9-10(13)14/h4H,1,5-9H2,2-3H3/p+1. The summed E-state index contributed by atoms with van der Waals surface area (Å²) >= 11 is 0. The van der Waals surface area contributed by atoms with Crippen LogP contribution in [0.2, 0.25) is 0 Å². The molecule has 16 heavy (non-hydrogen) atoms. The fraction of sp³-hybridized carbons (Fsp3) is 0.636. The summed E-state index contributed by atoms with van der Waals surface area (Å²) in [5.74, 6) is -1.31. The lowest BCUT2D eigenvalue weighted by atomic mass is 10.3. The summed E-state index contributed by atoms with van der Waals surface area (Å²) in [5.41, 5.74) is 0. The van der Waals surface area contributed by atoms with E-state index in [9.17, 15) is 9.59 Å². The van der Waals surface area contributed by atoms with E-state index in [1.807, 2.05) is 13.8 Å². The zero-order valence-corrected chi connectivity index (χ0v) is 9.94. The number of quaternary nitrogens is 1. The summed E-state index contributed by atoms with van der Waals surface area (Å²) in [4.78, 5) is 21.6. The minimum absolute atomic E-state index is 0.0542. The highest BCUT2D eigenvalue weighted by Gasteiger charge is 2.26. The number of aliphatic carboxylic acids is 1. The molecule has 0 heterocycles. The molecule has 0 radical (unpaired) electrons. The van der Waals surface area contributed by atoms with Gasteiger partial charge in [0, 0.05) is 6.08 Å². The first-order valence-electron chi connectivity index (χ1n) is 5.35. The molecule has 0 fully saturated rings. The third-order valence-electron chi connectivity index (χ3n) is 2.79. The summed E-state index contributed by atoms with van der Waals surface area (Å²) in [6.45, 7) is 9.35. The molecule has 0 rings (SSSR count). The second-order valence-corrected chi connectivity index (χ2v) is 3.62. The van der Waals surface area contributed by atoms with E-state index in [1.54, 1.807) is 0 Å². The first-order valence-corrected chi connectivity index (χ1v) is 5.35. The van der Waals surface area contributed by atoms with Crippen LogP contribution in [0.3, 0.4) is 0 Å². The molecule has 0 unspecified atom stereocenters. The third kappa shape index (κ3) is 4.93. The van der Waals surface area contributed by atoms with Crippen LogP contribution in [0.1, 0.15) is 13.8 Å². The number of carboxylic acid groups (broad SMARTS) is 1. The van der Waals surface area contributed by atoms with Gasteiger partial charge in [0.15, 0.2) is 6.54 Å². The Hall–Kier alpha value is -1.36. The van der Waals surface area contributed by atoms with Crippen molar-refractivity contribution in [2.24, 2.45) is 0 Å². The van der Waals surface area contributed by atoms with Gasteiger partial charge >= 0.3 is 11.9 Å². The van der Waals surface area contributed by atoms with E-state index in [-0.39, 0.29) is 13.2 Å². The van der Waals surface area contributed by atoms with Gasteiger partial charge < -0.3 is 14.3 Å². The molecular weight excluding hydrogens is 210 g/mol. The maximum atomic E-state index is 10.8. The van der Waals surface area contributed by atoms with Gasteiger partial charge in [-0.2, -0.15) is 0 Å². The molecule has 0 aliphatic carbocycles. The largest absolute Gasteiger partial charge is 0.477 e. The van der Waals surface area contributed by atoms with Crippen molar-refractivity contribution in [1.29, 1.82) is 0 Å².